The van der Waals surface area contributed by atoms with Crippen molar-refractivity contribution >= 4 is 45.3 Å². The van der Waals surface area contributed by atoms with Gasteiger partial charge in [0.1, 0.15) is 22.9 Å². The van der Waals surface area contributed by atoms with Crippen molar-refractivity contribution in [2.45, 2.75) is 0 Å². The number of thiophene rings is 4. The number of phenols is 2. The molecule has 10 nitrogen and oxygen atoms in total. The highest BCUT2D eigenvalue weighted by Gasteiger charge is 2.16. The van der Waals surface area contributed by atoms with Crippen LogP contribution in [0.1, 0.15) is 0 Å². The number of rotatable bonds is 13. The quantitative estimate of drug-likeness (QED) is 0.115. The monoisotopic (exact) mass is 1110 g/mol. The predicted molar refractivity (Wildman–Crippen MR) is 321 cm³/mol. The van der Waals surface area contributed by atoms with Gasteiger partial charge in [0.2, 0.25) is 0 Å². The van der Waals surface area contributed by atoms with Crippen LogP contribution < -0.4 is 14.2 Å². The number of benzene rings is 4. The molecule has 13 aromatic rings. The molecule has 0 saturated heterocycles. The van der Waals surface area contributed by atoms with Gasteiger partial charge in [-0.1, -0.05) is 66.7 Å². The van der Waals surface area contributed by atoms with Gasteiger partial charge in [-0.3, -0.25) is 0 Å². The van der Waals surface area contributed by atoms with Crippen molar-refractivity contribution in [1.82, 2.24) is 15.0 Å². The van der Waals surface area contributed by atoms with E-state index in [0.717, 1.165) is 77.4 Å². The number of pyridine rings is 3. The summed E-state index contributed by atoms with van der Waals surface area (Å²) >= 11 is 6.77. The Morgan fingerprint density at radius 3 is 1.08 bits per heavy atom. The van der Waals surface area contributed by atoms with Gasteiger partial charge in [0.25, 0.3) is 0 Å². The Morgan fingerprint density at radius 2 is 0.709 bits per heavy atom. The summed E-state index contributed by atoms with van der Waals surface area (Å²) in [6.45, 7) is 0. The first-order valence-corrected chi connectivity index (χ1v) is 28.2. The molecule has 13 rings (SSSR count). The van der Waals surface area contributed by atoms with Crippen molar-refractivity contribution in [3.63, 3.8) is 0 Å². The fourth-order valence-electron chi connectivity index (χ4n) is 8.45. The van der Waals surface area contributed by atoms with Crippen molar-refractivity contribution in [1.29, 1.82) is 0 Å². The summed E-state index contributed by atoms with van der Waals surface area (Å²) < 4.78 is 27.4. The molecule has 0 saturated carbocycles. The van der Waals surface area contributed by atoms with Crippen LogP contribution in [0.3, 0.4) is 0 Å². The van der Waals surface area contributed by atoms with E-state index >= 15 is 0 Å². The molecule has 0 spiro atoms. The average Bonchev–Trinajstić information content (AvgIpc) is 4.38. The predicted octanol–water partition coefficient (Wildman–Crippen LogP) is 18.9. The summed E-state index contributed by atoms with van der Waals surface area (Å²) in [5, 5.41) is 28.0. The lowest BCUT2D eigenvalue weighted by Crippen LogP contribution is -1.90. The highest BCUT2D eigenvalue weighted by Crippen LogP contribution is 2.39. The molecular formula is C65H47N3O7S4. The standard InChI is InChI=1S/C25H17NOS2.C20H15NO4.C20H15NO2S2/c1-2-6-20(7-3-1)27-21-12-10-18(11-13-21)19-16-22(24-8-4-14-28-24)26-23(17-19)25-9-5-15-29-25;1-23-20-12-13(6-7-17(20)22)14-10-15(18-4-2-8-24-18)21-16(11-14)19-5-3-9-25-19;1-23-18-12-13(6-7-17(18)22)14-10-15(19-4-2-8-24-19)21-16(11-14)20-5-3-9-25-20/h1-17H;2*2-12,22H,1H3. The number of aromatic hydroxyl groups is 2. The SMILES string of the molecule is COc1cc(-c2cc(-c3ccco3)nc(-c3ccco3)c2)ccc1O.COc1cc(-c2cc(-c3cccs3)nc(-c3cccs3)c2)ccc1O.c1ccc(Oc2ccc(-c3cc(-c4cccs4)nc(-c4cccs4)c3)cc2)cc1. The Kier molecular flexibility index (Phi) is 16.0. The van der Waals surface area contributed by atoms with E-state index in [1.807, 2.05) is 109 Å². The van der Waals surface area contributed by atoms with Crippen LogP contribution in [0.25, 0.3) is 98.6 Å². The van der Waals surface area contributed by atoms with E-state index in [-0.39, 0.29) is 11.5 Å². The average molecular weight is 1110 g/mol. The van der Waals surface area contributed by atoms with Crippen LogP contribution in [0.2, 0.25) is 0 Å². The van der Waals surface area contributed by atoms with Gasteiger partial charge < -0.3 is 33.3 Å². The fraction of sp³-hybridized carbons (Fsp3) is 0.0308. The number of hydrogen-bond donors (Lipinski definition) is 2. The molecule has 9 aromatic heterocycles. The molecular weight excluding hydrogens is 1060 g/mol. The Morgan fingerprint density at radius 1 is 0.342 bits per heavy atom. The number of methoxy groups -OCH3 is 2. The highest BCUT2D eigenvalue weighted by molar-refractivity contribution is 7.14. The van der Waals surface area contributed by atoms with Crippen molar-refractivity contribution in [3.05, 3.63) is 234 Å². The van der Waals surface area contributed by atoms with Gasteiger partial charge in [-0.2, -0.15) is 0 Å². The third-order valence-corrected chi connectivity index (χ3v) is 15.9. The number of ether oxygens (including phenoxy) is 3. The highest BCUT2D eigenvalue weighted by atomic mass is 32.1. The van der Waals surface area contributed by atoms with Crippen LogP contribution in [0, 0.1) is 0 Å². The summed E-state index contributed by atoms with van der Waals surface area (Å²) in [6, 6.07) is 64.9. The van der Waals surface area contributed by atoms with Crippen LogP contribution in [0.15, 0.2) is 243 Å². The van der Waals surface area contributed by atoms with Gasteiger partial charge in [-0.15, -0.1) is 45.3 Å². The number of furan rings is 2. The molecule has 0 aliphatic heterocycles. The molecule has 0 atom stereocenters. The first-order valence-electron chi connectivity index (χ1n) is 24.7. The molecule has 79 heavy (non-hydrogen) atoms. The Balaban J connectivity index is 0.000000126. The van der Waals surface area contributed by atoms with Gasteiger partial charge in [0, 0.05) is 0 Å². The number of nitrogens with zero attached hydrogens (tertiary/aromatic N) is 3. The minimum atomic E-state index is 0.0952. The summed E-state index contributed by atoms with van der Waals surface area (Å²) in [7, 11) is 3.08. The van der Waals surface area contributed by atoms with Crippen LogP contribution in [-0.2, 0) is 0 Å². The van der Waals surface area contributed by atoms with Crippen LogP contribution in [0.5, 0.6) is 34.5 Å². The van der Waals surface area contributed by atoms with Crippen LogP contribution >= 0.6 is 45.3 Å². The molecule has 14 heteroatoms. The second kappa shape index (κ2) is 24.3. The molecule has 0 aliphatic rings. The molecule has 9 heterocycles. The molecule has 2 N–H and O–H groups in total. The summed E-state index contributed by atoms with van der Waals surface area (Å²) in [6.07, 6.45) is 3.22. The topological polar surface area (TPSA) is 133 Å². The lowest BCUT2D eigenvalue weighted by molar-refractivity contribution is 0.373. The first-order chi connectivity index (χ1) is 38.8. The summed E-state index contributed by atoms with van der Waals surface area (Å²) in [5.74, 6) is 4.10. The third-order valence-electron chi connectivity index (χ3n) is 12.3. The van der Waals surface area contributed by atoms with Gasteiger partial charge in [-0.05, 0) is 188 Å². The summed E-state index contributed by atoms with van der Waals surface area (Å²) in [4.78, 5) is 19.0. The number of aromatic nitrogens is 3. The van der Waals surface area contributed by atoms with Crippen LogP contribution in [-0.4, -0.2) is 39.4 Å². The number of hydrogen-bond acceptors (Lipinski definition) is 14. The minimum Gasteiger partial charge on any atom is -0.504 e. The van der Waals surface area contributed by atoms with Crippen molar-refractivity contribution < 1.29 is 33.3 Å². The van der Waals surface area contributed by atoms with E-state index in [1.165, 1.54) is 16.9 Å². The third kappa shape index (κ3) is 12.4. The number of para-hydroxylation sites is 1. The smallest absolute Gasteiger partial charge is 0.161 e. The second-order valence-electron chi connectivity index (χ2n) is 17.5. The molecule has 0 fully saturated rings. The van der Waals surface area contributed by atoms with E-state index in [2.05, 4.69) is 99.3 Å². The molecule has 0 aliphatic carbocycles. The zero-order valence-corrected chi connectivity index (χ0v) is 45.7. The van der Waals surface area contributed by atoms with Crippen molar-refractivity contribution in [3.8, 4) is 133 Å². The maximum absolute atomic E-state index is 9.86. The molecule has 0 radical (unpaired) electrons. The molecule has 0 unspecified atom stereocenters. The Labute approximate surface area is 472 Å². The molecule has 388 valence electrons. The van der Waals surface area contributed by atoms with E-state index in [1.54, 1.807) is 83.2 Å². The Bertz CT molecular complexity index is 3690. The van der Waals surface area contributed by atoms with Gasteiger partial charge in [0.15, 0.2) is 34.5 Å². The maximum Gasteiger partial charge on any atom is 0.161 e. The lowest BCUT2D eigenvalue weighted by Gasteiger charge is -2.10. The van der Waals surface area contributed by atoms with E-state index in [9.17, 15) is 10.2 Å². The van der Waals surface area contributed by atoms with E-state index in [4.69, 9.17) is 33.0 Å². The Hall–Kier alpha value is -9.31. The number of phenolic OH excluding ortho intramolecular Hbond substituents is 2. The maximum atomic E-state index is 9.86. The zero-order chi connectivity index (χ0) is 53.9. The molecule has 0 bridgehead atoms. The minimum absolute atomic E-state index is 0.0952. The van der Waals surface area contributed by atoms with Crippen molar-refractivity contribution in [2.24, 2.45) is 0 Å². The first kappa shape index (κ1) is 51.8. The molecule has 4 aromatic carbocycles. The van der Waals surface area contributed by atoms with Gasteiger partial charge in [-0.25, -0.2) is 15.0 Å². The van der Waals surface area contributed by atoms with E-state index < -0.39 is 0 Å². The normalized spacial score (nSPS) is 10.8. The largest absolute Gasteiger partial charge is 0.504 e. The van der Waals surface area contributed by atoms with Crippen LogP contribution in [0.4, 0.5) is 0 Å². The summed E-state index contributed by atoms with van der Waals surface area (Å²) in [5.41, 5.74) is 11.4. The second-order valence-corrected chi connectivity index (χ2v) is 21.2. The molecule has 0 amide bonds. The lowest BCUT2D eigenvalue weighted by atomic mass is 10.0. The fourth-order valence-corrected chi connectivity index (χ4v) is 11.2. The van der Waals surface area contributed by atoms with Crippen molar-refractivity contribution in [2.75, 3.05) is 14.2 Å². The van der Waals surface area contributed by atoms with E-state index in [0.29, 0.717) is 34.4 Å². The van der Waals surface area contributed by atoms with Gasteiger partial charge in [0.05, 0.1) is 69.0 Å². The van der Waals surface area contributed by atoms with Gasteiger partial charge >= 0.3 is 0 Å². The zero-order valence-electron chi connectivity index (χ0n) is 42.4.